The van der Waals surface area contributed by atoms with Crippen LogP contribution in [0.1, 0.15) is 31.4 Å². The van der Waals surface area contributed by atoms with E-state index in [1.807, 2.05) is 12.1 Å². The first-order valence-electron chi connectivity index (χ1n) is 7.89. The average molecular weight is 311 g/mol. The minimum atomic E-state index is 0.272. The van der Waals surface area contributed by atoms with E-state index in [1.165, 1.54) is 18.4 Å². The van der Waals surface area contributed by atoms with E-state index in [0.29, 0.717) is 6.04 Å². The highest BCUT2D eigenvalue weighted by Gasteiger charge is 2.22. The Kier molecular flexibility index (Phi) is 6.49. The zero-order chi connectivity index (χ0) is 15.2. The number of hydrogen-bond donors (Lipinski definition) is 1. The molecule has 0 bridgehead atoms. The molecule has 118 valence electrons. The van der Waals surface area contributed by atoms with E-state index in [2.05, 4.69) is 35.9 Å². The maximum absolute atomic E-state index is 8.99. The van der Waals surface area contributed by atoms with E-state index >= 15 is 0 Å². The molecule has 1 N–H and O–H groups in total. The molecule has 1 unspecified atom stereocenters. The molecule has 3 nitrogen and oxygen atoms in total. The van der Waals surface area contributed by atoms with Crippen molar-refractivity contribution in [2.45, 2.75) is 25.8 Å². The number of aliphatic hydroxyl groups excluding tert-OH is 1. The third-order valence-corrected chi connectivity index (χ3v) is 5.03. The molecule has 1 heterocycles. The van der Waals surface area contributed by atoms with E-state index in [4.69, 9.17) is 16.7 Å². The first kappa shape index (κ1) is 16.8. The lowest BCUT2D eigenvalue weighted by atomic mass is 9.95. The molecule has 1 aliphatic heterocycles. The quantitative estimate of drug-likeness (QED) is 0.875. The number of piperidine rings is 1. The fourth-order valence-electron chi connectivity index (χ4n) is 3.15. The van der Waals surface area contributed by atoms with Crippen molar-refractivity contribution in [1.82, 2.24) is 9.80 Å². The highest BCUT2D eigenvalue weighted by Crippen LogP contribution is 2.28. The number of halogens is 1. The van der Waals surface area contributed by atoms with Crippen molar-refractivity contribution in [2.75, 3.05) is 39.8 Å². The number of likely N-dealkylation sites (tertiary alicyclic amines) is 1. The lowest BCUT2D eigenvalue weighted by Gasteiger charge is -2.35. The summed E-state index contributed by atoms with van der Waals surface area (Å²) in [7, 11) is 2.19. The van der Waals surface area contributed by atoms with Crippen LogP contribution in [0.2, 0.25) is 5.02 Å². The molecule has 1 aromatic carbocycles. The van der Waals surface area contributed by atoms with Crippen LogP contribution in [0.5, 0.6) is 0 Å². The second-order valence-corrected chi connectivity index (χ2v) is 6.55. The van der Waals surface area contributed by atoms with Gasteiger partial charge in [0, 0.05) is 24.2 Å². The van der Waals surface area contributed by atoms with Gasteiger partial charge in [0.05, 0.1) is 6.61 Å². The van der Waals surface area contributed by atoms with Gasteiger partial charge in [-0.15, -0.1) is 0 Å². The first-order valence-corrected chi connectivity index (χ1v) is 8.27. The van der Waals surface area contributed by atoms with Gasteiger partial charge < -0.3 is 10.0 Å². The summed E-state index contributed by atoms with van der Waals surface area (Å²) in [6, 6.07) is 8.46. The lowest BCUT2D eigenvalue weighted by Crippen LogP contribution is -2.39. The number of benzene rings is 1. The van der Waals surface area contributed by atoms with Crippen molar-refractivity contribution in [1.29, 1.82) is 0 Å². The molecule has 1 fully saturated rings. The summed E-state index contributed by atoms with van der Waals surface area (Å²) >= 11 is 6.30. The lowest BCUT2D eigenvalue weighted by molar-refractivity contribution is 0.121. The Bertz CT molecular complexity index is 433. The van der Waals surface area contributed by atoms with Gasteiger partial charge in [0.1, 0.15) is 0 Å². The molecule has 1 aromatic rings. The summed E-state index contributed by atoms with van der Waals surface area (Å²) in [5.74, 6) is 0.745. The van der Waals surface area contributed by atoms with Gasteiger partial charge in [-0.25, -0.2) is 0 Å². The van der Waals surface area contributed by atoms with Gasteiger partial charge in [-0.1, -0.05) is 29.8 Å². The summed E-state index contributed by atoms with van der Waals surface area (Å²) in [4.78, 5) is 4.77. The number of hydrogen-bond acceptors (Lipinski definition) is 3. The monoisotopic (exact) mass is 310 g/mol. The molecule has 0 saturated carbocycles. The maximum atomic E-state index is 8.99. The summed E-state index contributed by atoms with van der Waals surface area (Å²) in [6.45, 7) is 6.65. The molecule has 0 aromatic heterocycles. The zero-order valence-electron chi connectivity index (χ0n) is 13.1. The fraction of sp³-hybridized carbons (Fsp3) is 0.647. The highest BCUT2D eigenvalue weighted by atomic mass is 35.5. The highest BCUT2D eigenvalue weighted by molar-refractivity contribution is 6.31. The molecule has 1 atom stereocenters. The van der Waals surface area contributed by atoms with Gasteiger partial charge in [-0.05, 0) is 57.5 Å². The van der Waals surface area contributed by atoms with E-state index in [-0.39, 0.29) is 6.61 Å². The third-order valence-electron chi connectivity index (χ3n) is 4.69. The van der Waals surface area contributed by atoms with Crippen LogP contribution >= 0.6 is 11.6 Å². The summed E-state index contributed by atoms with van der Waals surface area (Å²) in [5.41, 5.74) is 1.21. The van der Waals surface area contributed by atoms with Crippen molar-refractivity contribution in [3.8, 4) is 0 Å². The summed E-state index contributed by atoms with van der Waals surface area (Å²) in [5, 5.41) is 9.85. The van der Waals surface area contributed by atoms with E-state index in [1.54, 1.807) is 0 Å². The predicted molar refractivity (Wildman–Crippen MR) is 88.7 cm³/mol. The number of aliphatic hydroxyl groups is 1. The molecule has 0 amide bonds. The SMILES string of the molecule is CC(c1ccccc1Cl)N(C)CC1CCN(CCO)CC1. The Morgan fingerprint density at radius 3 is 2.62 bits per heavy atom. The van der Waals surface area contributed by atoms with Gasteiger partial charge in [-0.3, -0.25) is 4.90 Å². The van der Waals surface area contributed by atoms with Crippen LogP contribution in [0.3, 0.4) is 0 Å². The number of β-amino-alcohol motifs (C(OH)–C–C–N with tert-alkyl or cyclic N) is 1. The maximum Gasteiger partial charge on any atom is 0.0558 e. The average Bonchev–Trinajstić information content (AvgIpc) is 2.49. The largest absolute Gasteiger partial charge is 0.395 e. The smallest absolute Gasteiger partial charge is 0.0558 e. The zero-order valence-corrected chi connectivity index (χ0v) is 13.9. The van der Waals surface area contributed by atoms with Crippen molar-refractivity contribution < 1.29 is 5.11 Å². The summed E-state index contributed by atoms with van der Waals surface area (Å²) in [6.07, 6.45) is 2.44. The Labute approximate surface area is 133 Å². The molecule has 0 aliphatic carbocycles. The third kappa shape index (κ3) is 4.68. The van der Waals surface area contributed by atoms with Crippen LogP contribution in [-0.2, 0) is 0 Å². The van der Waals surface area contributed by atoms with Crippen LogP contribution in [0.15, 0.2) is 24.3 Å². The van der Waals surface area contributed by atoms with Gasteiger partial charge >= 0.3 is 0 Å². The minimum Gasteiger partial charge on any atom is -0.395 e. The van der Waals surface area contributed by atoms with Gasteiger partial charge in [0.2, 0.25) is 0 Å². The van der Waals surface area contributed by atoms with Crippen molar-refractivity contribution in [2.24, 2.45) is 5.92 Å². The Balaban J connectivity index is 1.85. The van der Waals surface area contributed by atoms with Gasteiger partial charge in [0.25, 0.3) is 0 Å². The molecule has 2 rings (SSSR count). The van der Waals surface area contributed by atoms with Gasteiger partial charge in [-0.2, -0.15) is 0 Å². The Morgan fingerprint density at radius 2 is 2.00 bits per heavy atom. The molecule has 1 aliphatic rings. The van der Waals surface area contributed by atoms with Crippen molar-refractivity contribution >= 4 is 11.6 Å². The predicted octanol–water partition coefficient (Wildman–Crippen LogP) is 3.04. The van der Waals surface area contributed by atoms with Crippen molar-refractivity contribution in [3.05, 3.63) is 34.9 Å². The van der Waals surface area contributed by atoms with E-state index in [9.17, 15) is 0 Å². The fourth-order valence-corrected chi connectivity index (χ4v) is 3.44. The summed E-state index contributed by atoms with van der Waals surface area (Å²) < 4.78 is 0. The van der Waals surface area contributed by atoms with Crippen LogP contribution in [0.25, 0.3) is 0 Å². The standard InChI is InChI=1S/C17H27ClN2O/c1-14(16-5-3-4-6-17(16)18)19(2)13-15-7-9-20(10-8-15)11-12-21/h3-6,14-15,21H,7-13H2,1-2H3. The van der Waals surface area contributed by atoms with Crippen LogP contribution < -0.4 is 0 Å². The molecule has 4 heteroatoms. The minimum absolute atomic E-state index is 0.272. The Morgan fingerprint density at radius 1 is 1.33 bits per heavy atom. The normalized spacial score (nSPS) is 19.1. The van der Waals surface area contributed by atoms with Gasteiger partial charge in [0.15, 0.2) is 0 Å². The number of rotatable bonds is 6. The topological polar surface area (TPSA) is 26.7 Å². The molecule has 0 radical (unpaired) electrons. The van der Waals surface area contributed by atoms with E-state index < -0.39 is 0 Å². The van der Waals surface area contributed by atoms with Crippen LogP contribution in [0, 0.1) is 5.92 Å². The van der Waals surface area contributed by atoms with Crippen molar-refractivity contribution in [3.63, 3.8) is 0 Å². The molecular weight excluding hydrogens is 284 g/mol. The van der Waals surface area contributed by atoms with E-state index in [0.717, 1.165) is 37.1 Å². The second kappa shape index (κ2) is 8.14. The molecule has 0 spiro atoms. The Hall–Kier alpha value is -0.610. The van der Waals surface area contributed by atoms with Crippen LogP contribution in [-0.4, -0.2) is 54.7 Å². The molecule has 21 heavy (non-hydrogen) atoms. The number of nitrogens with zero attached hydrogens (tertiary/aromatic N) is 2. The molecule has 1 saturated heterocycles. The van der Waals surface area contributed by atoms with Crippen LogP contribution in [0.4, 0.5) is 0 Å². The second-order valence-electron chi connectivity index (χ2n) is 6.15. The molecular formula is C17H27ClN2O. The first-order chi connectivity index (χ1) is 10.1.